The predicted octanol–water partition coefficient (Wildman–Crippen LogP) is 4.15. The summed E-state index contributed by atoms with van der Waals surface area (Å²) < 4.78 is 59.0. The maximum absolute atomic E-state index is 14.4. The minimum atomic E-state index is -4.21. The largest absolute Gasteiger partial charge is 0.394 e. The van der Waals surface area contributed by atoms with E-state index in [0.717, 1.165) is 0 Å². The molecule has 1 saturated carbocycles. The van der Waals surface area contributed by atoms with Crippen LogP contribution in [-0.2, 0) is 4.74 Å². The lowest BCUT2D eigenvalue weighted by Gasteiger charge is -2.28. The third kappa shape index (κ3) is 4.88. The van der Waals surface area contributed by atoms with Gasteiger partial charge in [-0.05, 0) is 43.9 Å². The Labute approximate surface area is 174 Å². The molecule has 0 spiro atoms. The zero-order chi connectivity index (χ0) is 21.9. The van der Waals surface area contributed by atoms with Gasteiger partial charge in [0.1, 0.15) is 11.7 Å². The summed E-state index contributed by atoms with van der Waals surface area (Å²) in [6, 6.07) is 2.95. The average molecular weight is 428 g/mol. The van der Waals surface area contributed by atoms with Crippen LogP contribution >= 0.6 is 0 Å². The van der Waals surface area contributed by atoms with E-state index in [2.05, 4.69) is 10.6 Å². The second kappa shape index (κ2) is 8.83. The number of alkyl halides is 3. The van der Waals surface area contributed by atoms with Gasteiger partial charge in [0.15, 0.2) is 0 Å². The molecule has 9 heteroatoms. The highest BCUT2D eigenvalue weighted by molar-refractivity contribution is 5.97. The van der Waals surface area contributed by atoms with Crippen LogP contribution in [0.3, 0.4) is 0 Å². The number of anilines is 1. The molecule has 0 bridgehead atoms. The van der Waals surface area contributed by atoms with Crippen LogP contribution < -0.4 is 10.6 Å². The van der Waals surface area contributed by atoms with E-state index < -0.39 is 17.4 Å². The van der Waals surface area contributed by atoms with Crippen molar-refractivity contribution in [2.45, 2.75) is 32.4 Å². The van der Waals surface area contributed by atoms with Gasteiger partial charge in [-0.2, -0.15) is 13.2 Å². The molecule has 1 aromatic carbocycles. The minimum Gasteiger partial charge on any atom is -0.388 e. The number of ether oxygens (including phenoxy) is 1. The van der Waals surface area contributed by atoms with Gasteiger partial charge in [-0.3, -0.25) is 5.41 Å². The second-order valence-corrected chi connectivity index (χ2v) is 7.89. The van der Waals surface area contributed by atoms with Gasteiger partial charge in [-0.25, -0.2) is 4.39 Å². The molecule has 0 unspecified atom stereocenters. The third-order valence-corrected chi connectivity index (χ3v) is 5.88. The van der Waals surface area contributed by atoms with Crippen LogP contribution in [0.2, 0.25) is 0 Å². The smallest absolute Gasteiger partial charge is 0.388 e. The van der Waals surface area contributed by atoms with E-state index in [4.69, 9.17) is 10.1 Å². The number of nitrogens with zero attached hydrogens (tertiary/aromatic N) is 1. The number of morpholine rings is 1. The van der Waals surface area contributed by atoms with Crippen LogP contribution in [0.5, 0.6) is 0 Å². The maximum Gasteiger partial charge on any atom is 0.394 e. The van der Waals surface area contributed by atoms with E-state index in [1.165, 1.54) is 6.07 Å². The molecule has 5 nitrogen and oxygen atoms in total. The molecule has 0 atom stereocenters. The molecule has 166 valence electrons. The van der Waals surface area contributed by atoms with Crippen molar-refractivity contribution in [1.29, 1.82) is 5.41 Å². The fraction of sp³-hybridized carbons (Fsp3) is 0.571. The van der Waals surface area contributed by atoms with E-state index in [9.17, 15) is 17.6 Å². The van der Waals surface area contributed by atoms with Gasteiger partial charge in [-0.1, -0.05) is 0 Å². The fourth-order valence-electron chi connectivity index (χ4n) is 3.68. The van der Waals surface area contributed by atoms with Crippen molar-refractivity contribution in [3.8, 4) is 0 Å². The minimum absolute atomic E-state index is 0.0428. The standard InChI is InChI=1S/C21H28F4N4O/c1-14-11-16(22)18(28-6-5-20(3-4-20)21(23,24)25)12-15(14)17(27-2)13-19(26)29-7-9-30-10-8-29/h11-13,26-28H,3-10H2,1-2H3/b17-13-,26-19?. The lowest BCUT2D eigenvalue weighted by atomic mass is 10.0. The van der Waals surface area contributed by atoms with E-state index in [-0.39, 0.29) is 31.5 Å². The monoisotopic (exact) mass is 428 g/mol. The zero-order valence-corrected chi connectivity index (χ0v) is 17.3. The Hall–Kier alpha value is -2.29. The molecule has 3 N–H and O–H groups in total. The zero-order valence-electron chi connectivity index (χ0n) is 17.3. The van der Waals surface area contributed by atoms with Gasteiger partial charge >= 0.3 is 6.18 Å². The number of rotatable bonds is 7. The van der Waals surface area contributed by atoms with E-state index in [1.807, 2.05) is 4.90 Å². The van der Waals surface area contributed by atoms with Gasteiger partial charge in [0.05, 0.1) is 24.3 Å². The van der Waals surface area contributed by atoms with Crippen molar-refractivity contribution in [2.24, 2.45) is 5.41 Å². The molecule has 1 aromatic rings. The molecule has 1 aliphatic heterocycles. The Bertz CT molecular complexity index is 812. The number of nitrogens with one attached hydrogen (secondary N) is 3. The molecular formula is C21H28F4N4O. The van der Waals surface area contributed by atoms with Crippen LogP contribution in [0.4, 0.5) is 23.2 Å². The average Bonchev–Trinajstić information content (AvgIpc) is 3.50. The first-order chi connectivity index (χ1) is 14.2. The molecule has 0 amide bonds. The first-order valence-corrected chi connectivity index (χ1v) is 10.1. The highest BCUT2D eigenvalue weighted by Crippen LogP contribution is 2.59. The third-order valence-electron chi connectivity index (χ3n) is 5.88. The fourth-order valence-corrected chi connectivity index (χ4v) is 3.68. The summed E-state index contributed by atoms with van der Waals surface area (Å²) >= 11 is 0. The number of hydrogen-bond acceptors (Lipinski definition) is 4. The van der Waals surface area contributed by atoms with Gasteiger partial charge in [0.2, 0.25) is 0 Å². The lowest BCUT2D eigenvalue weighted by Crippen LogP contribution is -2.39. The predicted molar refractivity (Wildman–Crippen MR) is 109 cm³/mol. The summed E-state index contributed by atoms with van der Waals surface area (Å²) in [6.45, 7) is 4.18. The normalized spacial score (nSPS) is 18.9. The molecule has 30 heavy (non-hydrogen) atoms. The summed E-state index contributed by atoms with van der Waals surface area (Å²) in [4.78, 5) is 1.89. The Morgan fingerprint density at radius 1 is 1.27 bits per heavy atom. The van der Waals surface area contributed by atoms with Crippen molar-refractivity contribution in [2.75, 3.05) is 45.2 Å². The molecule has 1 saturated heterocycles. The van der Waals surface area contributed by atoms with E-state index >= 15 is 0 Å². The molecular weight excluding hydrogens is 400 g/mol. The van der Waals surface area contributed by atoms with Crippen molar-refractivity contribution >= 4 is 17.2 Å². The summed E-state index contributed by atoms with van der Waals surface area (Å²) in [7, 11) is 1.72. The van der Waals surface area contributed by atoms with Crippen molar-refractivity contribution in [1.82, 2.24) is 10.2 Å². The quantitative estimate of drug-likeness (QED) is 0.347. The number of amidine groups is 1. The number of halogens is 4. The topological polar surface area (TPSA) is 60.4 Å². The number of aryl methyl sites for hydroxylation is 1. The summed E-state index contributed by atoms with van der Waals surface area (Å²) in [5.41, 5.74) is 0.542. The highest BCUT2D eigenvalue weighted by atomic mass is 19.4. The summed E-state index contributed by atoms with van der Waals surface area (Å²) in [6.07, 6.45) is -2.34. The molecule has 1 heterocycles. The van der Waals surface area contributed by atoms with Crippen LogP contribution in [0.15, 0.2) is 18.2 Å². The Kier molecular flexibility index (Phi) is 6.59. The molecule has 2 fully saturated rings. The molecule has 3 rings (SSSR count). The van der Waals surface area contributed by atoms with E-state index in [1.54, 1.807) is 26.1 Å². The van der Waals surface area contributed by atoms with Crippen LogP contribution in [0, 0.1) is 23.6 Å². The van der Waals surface area contributed by atoms with Crippen molar-refractivity contribution < 1.29 is 22.3 Å². The number of hydrogen-bond donors (Lipinski definition) is 3. The second-order valence-electron chi connectivity index (χ2n) is 7.89. The molecule has 0 radical (unpaired) electrons. The van der Waals surface area contributed by atoms with Gasteiger partial charge in [0, 0.05) is 44.0 Å². The van der Waals surface area contributed by atoms with Gasteiger partial charge in [-0.15, -0.1) is 0 Å². The molecule has 1 aliphatic carbocycles. The van der Waals surface area contributed by atoms with Gasteiger partial charge in [0.25, 0.3) is 0 Å². The lowest BCUT2D eigenvalue weighted by molar-refractivity contribution is -0.187. The van der Waals surface area contributed by atoms with Gasteiger partial charge < -0.3 is 20.3 Å². The van der Waals surface area contributed by atoms with Crippen LogP contribution in [-0.4, -0.2) is 56.8 Å². The first-order valence-electron chi connectivity index (χ1n) is 10.1. The summed E-state index contributed by atoms with van der Waals surface area (Å²) in [5.74, 6) is -0.187. The SMILES string of the molecule is CN/C(=C\C(=N)N1CCOCC1)c1cc(NCCC2(C(F)(F)F)CC2)c(F)cc1C. The van der Waals surface area contributed by atoms with Crippen molar-refractivity contribution in [3.63, 3.8) is 0 Å². The van der Waals surface area contributed by atoms with Crippen LogP contribution in [0.1, 0.15) is 30.4 Å². The first kappa shape index (κ1) is 22.4. The maximum atomic E-state index is 14.4. The Morgan fingerprint density at radius 3 is 2.50 bits per heavy atom. The summed E-state index contributed by atoms with van der Waals surface area (Å²) in [5, 5.41) is 14.2. The Morgan fingerprint density at radius 2 is 1.93 bits per heavy atom. The van der Waals surface area contributed by atoms with Crippen LogP contribution in [0.25, 0.3) is 5.70 Å². The van der Waals surface area contributed by atoms with E-state index in [0.29, 0.717) is 49.0 Å². The number of benzene rings is 1. The molecule has 2 aliphatic rings. The molecule has 0 aromatic heterocycles. The highest BCUT2D eigenvalue weighted by Gasteiger charge is 2.62. The Balaban J connectivity index is 1.74. The van der Waals surface area contributed by atoms with Crippen molar-refractivity contribution in [3.05, 3.63) is 35.2 Å².